The van der Waals surface area contributed by atoms with Crippen LogP contribution in [0.4, 0.5) is 0 Å². The maximum Gasteiger partial charge on any atom is 0.0457 e. The Morgan fingerprint density at radius 1 is 1.16 bits per heavy atom. The maximum atomic E-state index is 3.47. The molecule has 0 aliphatic carbocycles. The molecule has 0 aliphatic heterocycles. The first-order chi connectivity index (χ1) is 9.02. The molecule has 19 heavy (non-hydrogen) atoms. The van der Waals surface area contributed by atoms with Gasteiger partial charge in [0.15, 0.2) is 0 Å². The second-order valence-electron chi connectivity index (χ2n) is 6.32. The molecule has 0 saturated heterocycles. The summed E-state index contributed by atoms with van der Waals surface area (Å²) >= 11 is 0. The highest BCUT2D eigenvalue weighted by Crippen LogP contribution is 2.27. The van der Waals surface area contributed by atoms with Crippen LogP contribution < -0.4 is 5.32 Å². The topological polar surface area (TPSA) is 27.8 Å². The van der Waals surface area contributed by atoms with Crippen molar-refractivity contribution in [1.82, 2.24) is 10.3 Å². The minimum absolute atomic E-state index is 0.211. The third kappa shape index (κ3) is 3.38. The number of nitrogens with one attached hydrogen (secondary N) is 2. The summed E-state index contributed by atoms with van der Waals surface area (Å²) in [4.78, 5) is 3.38. The van der Waals surface area contributed by atoms with E-state index in [1.54, 1.807) is 0 Å². The van der Waals surface area contributed by atoms with Gasteiger partial charge in [0.25, 0.3) is 0 Å². The molecule has 0 spiro atoms. The van der Waals surface area contributed by atoms with Crippen LogP contribution in [0.1, 0.15) is 45.2 Å². The fraction of sp³-hybridized carbons (Fsp3) is 0.529. The van der Waals surface area contributed by atoms with Crippen LogP contribution in [0.25, 0.3) is 10.9 Å². The Balaban J connectivity index is 2.20. The lowest BCUT2D eigenvalue weighted by atomic mass is 9.86. The summed E-state index contributed by atoms with van der Waals surface area (Å²) in [5, 5.41) is 4.85. The minimum Gasteiger partial charge on any atom is -0.361 e. The Labute approximate surface area is 116 Å². The molecule has 2 N–H and O–H groups in total. The fourth-order valence-electron chi connectivity index (χ4n) is 2.38. The lowest BCUT2D eigenvalue weighted by molar-refractivity contribution is 0.591. The second kappa shape index (κ2) is 5.79. The monoisotopic (exact) mass is 258 g/mol. The molecule has 1 heterocycles. The third-order valence-corrected chi connectivity index (χ3v) is 3.63. The highest BCUT2D eigenvalue weighted by Gasteiger charge is 2.15. The first-order valence-electron chi connectivity index (χ1n) is 7.33. The average Bonchev–Trinajstić information content (AvgIpc) is 2.76. The molecule has 2 aromatic rings. The number of hydrogen-bond donors (Lipinski definition) is 2. The zero-order valence-electron chi connectivity index (χ0n) is 12.6. The van der Waals surface area contributed by atoms with E-state index >= 15 is 0 Å². The quantitative estimate of drug-likeness (QED) is 0.779. The Hall–Kier alpha value is -1.28. The number of H-pyrrole nitrogens is 1. The molecule has 2 rings (SSSR count). The molecule has 0 unspecified atom stereocenters. The SMILES string of the molecule is CCCNCCc1c[nH]c2ccc(C(C)(C)C)cc12. The summed E-state index contributed by atoms with van der Waals surface area (Å²) in [6, 6.07) is 6.79. The highest BCUT2D eigenvalue weighted by atomic mass is 14.8. The summed E-state index contributed by atoms with van der Waals surface area (Å²) in [5.41, 5.74) is 4.29. The predicted octanol–water partition coefficient (Wildman–Crippen LogP) is 4.01. The van der Waals surface area contributed by atoms with Gasteiger partial charge < -0.3 is 10.3 Å². The molecule has 0 amide bonds. The van der Waals surface area contributed by atoms with Crippen LogP contribution in [0, 0.1) is 0 Å². The van der Waals surface area contributed by atoms with Crippen molar-refractivity contribution in [3.05, 3.63) is 35.5 Å². The number of aromatic nitrogens is 1. The number of rotatable bonds is 5. The molecule has 0 bridgehead atoms. The van der Waals surface area contributed by atoms with Gasteiger partial charge in [-0.3, -0.25) is 0 Å². The first-order valence-corrected chi connectivity index (χ1v) is 7.33. The van der Waals surface area contributed by atoms with Crippen LogP contribution in [0.3, 0.4) is 0 Å². The summed E-state index contributed by atoms with van der Waals surface area (Å²) in [6.45, 7) is 11.2. The Kier molecular flexibility index (Phi) is 4.31. The van der Waals surface area contributed by atoms with Crippen molar-refractivity contribution < 1.29 is 0 Å². The van der Waals surface area contributed by atoms with Crippen LogP contribution in [-0.4, -0.2) is 18.1 Å². The van der Waals surface area contributed by atoms with Gasteiger partial charge in [0, 0.05) is 17.1 Å². The normalized spacial score (nSPS) is 12.2. The van der Waals surface area contributed by atoms with E-state index in [9.17, 15) is 0 Å². The van der Waals surface area contributed by atoms with Crippen LogP contribution in [0.2, 0.25) is 0 Å². The summed E-state index contributed by atoms with van der Waals surface area (Å²) in [5.74, 6) is 0. The van der Waals surface area contributed by atoms with Gasteiger partial charge in [0.05, 0.1) is 0 Å². The Bertz CT molecular complexity index is 532. The van der Waals surface area contributed by atoms with Gasteiger partial charge in [-0.15, -0.1) is 0 Å². The van der Waals surface area contributed by atoms with Gasteiger partial charge in [0.1, 0.15) is 0 Å². The molecule has 0 radical (unpaired) electrons. The predicted molar refractivity (Wildman–Crippen MR) is 83.9 cm³/mol. The molecule has 2 nitrogen and oxygen atoms in total. The van der Waals surface area contributed by atoms with Crippen molar-refractivity contribution in [2.45, 2.75) is 46.0 Å². The van der Waals surface area contributed by atoms with E-state index in [0.717, 1.165) is 19.5 Å². The maximum absolute atomic E-state index is 3.47. The van der Waals surface area contributed by atoms with E-state index in [0.29, 0.717) is 0 Å². The van der Waals surface area contributed by atoms with Gasteiger partial charge in [-0.1, -0.05) is 33.8 Å². The number of fused-ring (bicyclic) bond motifs is 1. The largest absolute Gasteiger partial charge is 0.361 e. The van der Waals surface area contributed by atoms with Crippen molar-refractivity contribution in [3.8, 4) is 0 Å². The van der Waals surface area contributed by atoms with Crippen LogP contribution >= 0.6 is 0 Å². The third-order valence-electron chi connectivity index (χ3n) is 3.63. The van der Waals surface area contributed by atoms with E-state index in [1.165, 1.54) is 28.5 Å². The molecule has 1 aromatic heterocycles. The van der Waals surface area contributed by atoms with Gasteiger partial charge in [-0.25, -0.2) is 0 Å². The standard InChI is InChI=1S/C17H26N2/c1-5-9-18-10-8-13-12-19-16-7-6-14(11-15(13)16)17(2,3)4/h6-7,11-12,18-19H,5,8-10H2,1-4H3. The van der Waals surface area contributed by atoms with Crippen molar-refractivity contribution in [2.24, 2.45) is 0 Å². The molecule has 0 aliphatic rings. The lowest BCUT2D eigenvalue weighted by Crippen LogP contribution is -2.17. The lowest BCUT2D eigenvalue weighted by Gasteiger charge is -2.19. The zero-order valence-corrected chi connectivity index (χ0v) is 12.6. The molecular formula is C17H26N2. The molecule has 104 valence electrons. The highest BCUT2D eigenvalue weighted by molar-refractivity contribution is 5.84. The van der Waals surface area contributed by atoms with E-state index in [1.807, 2.05) is 0 Å². The molecule has 0 atom stereocenters. The average molecular weight is 258 g/mol. The molecular weight excluding hydrogens is 232 g/mol. The Morgan fingerprint density at radius 2 is 1.95 bits per heavy atom. The van der Waals surface area contributed by atoms with Crippen LogP contribution in [-0.2, 0) is 11.8 Å². The van der Waals surface area contributed by atoms with E-state index in [-0.39, 0.29) is 5.41 Å². The van der Waals surface area contributed by atoms with Crippen molar-refractivity contribution in [1.29, 1.82) is 0 Å². The minimum atomic E-state index is 0.211. The van der Waals surface area contributed by atoms with Crippen molar-refractivity contribution in [3.63, 3.8) is 0 Å². The molecule has 0 saturated carbocycles. The van der Waals surface area contributed by atoms with Gasteiger partial charge in [0.2, 0.25) is 0 Å². The van der Waals surface area contributed by atoms with Gasteiger partial charge >= 0.3 is 0 Å². The fourth-order valence-corrected chi connectivity index (χ4v) is 2.38. The van der Waals surface area contributed by atoms with Crippen LogP contribution in [0.5, 0.6) is 0 Å². The van der Waals surface area contributed by atoms with Crippen molar-refractivity contribution in [2.75, 3.05) is 13.1 Å². The first kappa shape index (κ1) is 14.1. The van der Waals surface area contributed by atoms with Gasteiger partial charge in [-0.05, 0) is 54.6 Å². The molecule has 0 fully saturated rings. The van der Waals surface area contributed by atoms with E-state index in [4.69, 9.17) is 0 Å². The summed E-state index contributed by atoms with van der Waals surface area (Å²) < 4.78 is 0. The summed E-state index contributed by atoms with van der Waals surface area (Å²) in [7, 11) is 0. The zero-order chi connectivity index (χ0) is 13.9. The smallest absolute Gasteiger partial charge is 0.0457 e. The van der Waals surface area contributed by atoms with E-state index < -0.39 is 0 Å². The summed E-state index contributed by atoms with van der Waals surface area (Å²) in [6.07, 6.45) is 4.44. The van der Waals surface area contributed by atoms with E-state index in [2.05, 4.69) is 62.4 Å². The number of aromatic amines is 1. The number of benzene rings is 1. The number of hydrogen-bond acceptors (Lipinski definition) is 1. The second-order valence-corrected chi connectivity index (χ2v) is 6.32. The van der Waals surface area contributed by atoms with Gasteiger partial charge in [-0.2, -0.15) is 0 Å². The Morgan fingerprint density at radius 3 is 2.63 bits per heavy atom. The van der Waals surface area contributed by atoms with Crippen molar-refractivity contribution >= 4 is 10.9 Å². The molecule has 2 heteroatoms. The molecule has 1 aromatic carbocycles. The van der Waals surface area contributed by atoms with Crippen LogP contribution in [0.15, 0.2) is 24.4 Å².